The van der Waals surface area contributed by atoms with E-state index < -0.39 is 0 Å². The highest BCUT2D eigenvalue weighted by atomic mass is 35.5. The number of hydrogen-bond donors (Lipinski definition) is 0. The predicted molar refractivity (Wildman–Crippen MR) is 85.1 cm³/mol. The van der Waals surface area contributed by atoms with E-state index in [4.69, 9.17) is 20.9 Å². The van der Waals surface area contributed by atoms with Gasteiger partial charge in [0.15, 0.2) is 5.82 Å². The van der Waals surface area contributed by atoms with Crippen molar-refractivity contribution in [2.75, 3.05) is 7.11 Å². The summed E-state index contributed by atoms with van der Waals surface area (Å²) in [7, 11) is 1.64. The minimum absolute atomic E-state index is 0.478. The Balaban J connectivity index is 1.83. The fraction of sp³-hybridized carbons (Fsp3) is 0.267. The van der Waals surface area contributed by atoms with Crippen LogP contribution in [0.15, 0.2) is 28.8 Å². The Morgan fingerprint density at radius 1 is 1.27 bits per heavy atom. The molecule has 0 bridgehead atoms. The number of nitrogens with zero attached hydrogens (tertiary/aromatic N) is 3. The Morgan fingerprint density at radius 3 is 2.86 bits per heavy atom. The van der Waals surface area contributed by atoms with Crippen molar-refractivity contribution in [2.24, 2.45) is 0 Å². The van der Waals surface area contributed by atoms with Crippen LogP contribution in [0.5, 0.6) is 0 Å². The first kappa shape index (κ1) is 15.1. The van der Waals surface area contributed by atoms with Gasteiger partial charge in [-0.25, -0.2) is 4.98 Å². The maximum Gasteiger partial charge on any atom is 0.269 e. The van der Waals surface area contributed by atoms with Crippen LogP contribution in [-0.2, 0) is 17.8 Å². The van der Waals surface area contributed by atoms with Gasteiger partial charge in [0.25, 0.3) is 5.89 Å². The van der Waals surface area contributed by atoms with Crippen molar-refractivity contribution in [1.82, 2.24) is 15.1 Å². The van der Waals surface area contributed by atoms with Gasteiger partial charge in [0, 0.05) is 18.6 Å². The third-order valence-electron chi connectivity index (χ3n) is 3.08. The molecule has 0 unspecified atom stereocenters. The third kappa shape index (κ3) is 3.19. The fourth-order valence-electron chi connectivity index (χ4n) is 2.07. The first-order valence-electron chi connectivity index (χ1n) is 6.69. The molecule has 0 fully saturated rings. The molecule has 1 aromatic carbocycles. The van der Waals surface area contributed by atoms with Crippen molar-refractivity contribution in [3.63, 3.8) is 0 Å². The topological polar surface area (TPSA) is 61.0 Å². The maximum absolute atomic E-state index is 6.15. The summed E-state index contributed by atoms with van der Waals surface area (Å²) >= 11 is 7.65. The van der Waals surface area contributed by atoms with Gasteiger partial charge in [0.2, 0.25) is 0 Å². The van der Waals surface area contributed by atoms with Crippen molar-refractivity contribution in [1.29, 1.82) is 0 Å². The van der Waals surface area contributed by atoms with Crippen LogP contribution in [0.1, 0.15) is 22.1 Å². The molecule has 0 spiro atoms. The number of halogens is 1. The molecule has 0 amide bonds. The Morgan fingerprint density at radius 2 is 2.09 bits per heavy atom. The summed E-state index contributed by atoms with van der Waals surface area (Å²) < 4.78 is 10.5. The van der Waals surface area contributed by atoms with Gasteiger partial charge in [0.05, 0.1) is 12.3 Å². The summed E-state index contributed by atoms with van der Waals surface area (Å²) in [5.41, 5.74) is 1.84. The molecule has 0 atom stereocenters. The standard InChI is InChI=1S/C15H14ClN3O2S/c1-9-14(22-13(17-9)8-20-2)15-18-12(19-21-15)7-10-5-3-4-6-11(10)16/h3-6H,7-8H2,1-2H3. The number of aromatic nitrogens is 3. The van der Waals surface area contributed by atoms with Gasteiger partial charge < -0.3 is 9.26 Å². The third-order valence-corrected chi connectivity index (χ3v) is 4.57. The van der Waals surface area contributed by atoms with E-state index in [2.05, 4.69) is 15.1 Å². The molecule has 0 saturated carbocycles. The van der Waals surface area contributed by atoms with E-state index in [0.29, 0.717) is 29.8 Å². The minimum atomic E-state index is 0.478. The predicted octanol–water partition coefficient (Wildman–Crippen LogP) is 3.89. The Kier molecular flexibility index (Phi) is 4.52. The van der Waals surface area contributed by atoms with Gasteiger partial charge >= 0.3 is 0 Å². The van der Waals surface area contributed by atoms with E-state index in [1.54, 1.807) is 7.11 Å². The molecular weight excluding hydrogens is 322 g/mol. The van der Waals surface area contributed by atoms with E-state index in [1.807, 2.05) is 31.2 Å². The number of benzene rings is 1. The number of thiazole rings is 1. The summed E-state index contributed by atoms with van der Waals surface area (Å²) in [6.07, 6.45) is 0.534. The summed E-state index contributed by atoms with van der Waals surface area (Å²) in [4.78, 5) is 9.75. The number of ether oxygens (including phenoxy) is 1. The van der Waals surface area contributed by atoms with Crippen molar-refractivity contribution >= 4 is 22.9 Å². The van der Waals surface area contributed by atoms with Gasteiger partial charge in [0.1, 0.15) is 9.88 Å². The van der Waals surface area contributed by atoms with E-state index in [0.717, 1.165) is 21.1 Å². The fourth-order valence-corrected chi connectivity index (χ4v) is 3.23. The lowest BCUT2D eigenvalue weighted by Crippen LogP contribution is -1.91. The molecule has 2 aromatic heterocycles. The lowest BCUT2D eigenvalue weighted by molar-refractivity contribution is 0.184. The van der Waals surface area contributed by atoms with E-state index in [1.165, 1.54) is 11.3 Å². The van der Waals surface area contributed by atoms with Crippen LogP contribution >= 0.6 is 22.9 Å². The van der Waals surface area contributed by atoms with Gasteiger partial charge in [-0.2, -0.15) is 4.98 Å². The number of hydrogen-bond acceptors (Lipinski definition) is 6. The van der Waals surface area contributed by atoms with Crippen LogP contribution in [0.25, 0.3) is 10.8 Å². The van der Waals surface area contributed by atoms with Crippen molar-refractivity contribution in [3.8, 4) is 10.8 Å². The summed E-state index contributed by atoms with van der Waals surface area (Å²) in [6, 6.07) is 7.63. The Bertz CT molecular complexity index is 785. The molecule has 0 N–H and O–H groups in total. The van der Waals surface area contributed by atoms with Crippen molar-refractivity contribution < 1.29 is 9.26 Å². The number of methoxy groups -OCH3 is 1. The smallest absolute Gasteiger partial charge is 0.269 e. The van der Waals surface area contributed by atoms with E-state index in [-0.39, 0.29) is 0 Å². The molecule has 0 aliphatic heterocycles. The zero-order valence-electron chi connectivity index (χ0n) is 12.2. The number of rotatable bonds is 5. The van der Waals surface area contributed by atoms with Crippen LogP contribution in [0.2, 0.25) is 5.02 Å². The largest absolute Gasteiger partial charge is 0.378 e. The maximum atomic E-state index is 6.15. The molecule has 5 nitrogen and oxygen atoms in total. The van der Waals surface area contributed by atoms with E-state index >= 15 is 0 Å². The van der Waals surface area contributed by atoms with Crippen LogP contribution in [0, 0.1) is 6.92 Å². The Labute approximate surface area is 136 Å². The van der Waals surface area contributed by atoms with Gasteiger partial charge in [-0.3, -0.25) is 0 Å². The van der Waals surface area contributed by atoms with Gasteiger partial charge in [-0.05, 0) is 18.6 Å². The molecule has 0 aliphatic carbocycles. The second-order valence-electron chi connectivity index (χ2n) is 4.74. The quantitative estimate of drug-likeness (QED) is 0.707. The molecule has 0 saturated heterocycles. The lowest BCUT2D eigenvalue weighted by Gasteiger charge is -1.98. The average molecular weight is 336 g/mol. The molecule has 7 heteroatoms. The van der Waals surface area contributed by atoms with Gasteiger partial charge in [-0.15, -0.1) is 11.3 Å². The first-order valence-corrected chi connectivity index (χ1v) is 7.88. The van der Waals surface area contributed by atoms with Crippen molar-refractivity contribution in [3.05, 3.63) is 51.4 Å². The van der Waals surface area contributed by atoms with E-state index in [9.17, 15) is 0 Å². The zero-order valence-corrected chi connectivity index (χ0v) is 13.7. The van der Waals surface area contributed by atoms with Crippen LogP contribution < -0.4 is 0 Å². The zero-order chi connectivity index (χ0) is 15.5. The highest BCUT2D eigenvalue weighted by molar-refractivity contribution is 7.15. The molecular formula is C15H14ClN3O2S. The van der Waals surface area contributed by atoms with Gasteiger partial charge in [-0.1, -0.05) is 35.0 Å². The summed E-state index contributed by atoms with van der Waals surface area (Å²) in [6.45, 7) is 2.40. The van der Waals surface area contributed by atoms with Crippen LogP contribution in [-0.4, -0.2) is 22.2 Å². The molecule has 2 heterocycles. The highest BCUT2D eigenvalue weighted by Crippen LogP contribution is 2.29. The lowest BCUT2D eigenvalue weighted by atomic mass is 10.1. The Hall–Kier alpha value is -1.76. The molecule has 22 heavy (non-hydrogen) atoms. The second-order valence-corrected chi connectivity index (χ2v) is 6.23. The SMILES string of the molecule is COCc1nc(C)c(-c2nc(Cc3ccccc3Cl)no2)s1. The molecule has 3 aromatic rings. The molecule has 0 radical (unpaired) electrons. The monoisotopic (exact) mass is 335 g/mol. The van der Waals surface area contributed by atoms with Crippen LogP contribution in [0.4, 0.5) is 0 Å². The van der Waals surface area contributed by atoms with Crippen LogP contribution in [0.3, 0.4) is 0 Å². The highest BCUT2D eigenvalue weighted by Gasteiger charge is 2.17. The summed E-state index contributed by atoms with van der Waals surface area (Å²) in [5.74, 6) is 1.09. The number of aryl methyl sites for hydroxylation is 1. The minimum Gasteiger partial charge on any atom is -0.378 e. The first-order chi connectivity index (χ1) is 10.7. The average Bonchev–Trinajstić information content (AvgIpc) is 3.09. The summed E-state index contributed by atoms with van der Waals surface area (Å²) in [5, 5.41) is 5.62. The van der Waals surface area contributed by atoms with Crippen molar-refractivity contribution in [2.45, 2.75) is 20.0 Å². The molecule has 3 rings (SSSR count). The molecule has 114 valence electrons. The second kappa shape index (κ2) is 6.56. The molecule has 0 aliphatic rings. The normalized spacial score (nSPS) is 11.0.